The van der Waals surface area contributed by atoms with Gasteiger partial charge in [0, 0.05) is 99.7 Å². The second-order valence-electron chi connectivity index (χ2n) is 14.4. The molecule has 0 aliphatic carbocycles. The molecule has 68 heavy (non-hydrogen) atoms. The van der Waals surface area contributed by atoms with Crippen molar-refractivity contribution in [3.63, 3.8) is 0 Å². The first-order valence-corrected chi connectivity index (χ1v) is 22.5. The number of amides is 5. The summed E-state index contributed by atoms with van der Waals surface area (Å²) >= 11 is 0. The topological polar surface area (TPSA) is 253 Å². The number of para-hydroxylation sites is 2. The SMILES string of the molecule is O=C(CCCCNC(=O)C(CS(=O)(=O)[O-])NC(=O)c1ccnc2c1ccc1cccnc12)NCCOCCN1C(=O)C=CC1=O.[Ir].[c-]1ccccc1-n1cccn1.[c-]1ccccc1-n1cccn1. The van der Waals surface area contributed by atoms with Gasteiger partial charge in [0.2, 0.25) is 11.8 Å². The predicted molar refractivity (Wildman–Crippen MR) is 244 cm³/mol. The maximum Gasteiger partial charge on any atom is 0.253 e. The molecule has 21 heteroatoms. The van der Waals surface area contributed by atoms with Crippen LogP contribution < -0.4 is 16.0 Å². The molecule has 1 radical (unpaired) electrons. The molecule has 1 aliphatic rings. The molecule has 5 heterocycles. The minimum absolute atomic E-state index is 0. The molecule has 4 aromatic heterocycles. The van der Waals surface area contributed by atoms with Gasteiger partial charge in [0.1, 0.15) is 6.04 Å². The van der Waals surface area contributed by atoms with Crippen LogP contribution in [0.15, 0.2) is 140 Å². The smallest absolute Gasteiger partial charge is 0.253 e. The number of imide groups is 1. The zero-order valence-electron chi connectivity index (χ0n) is 36.3. The number of unbranched alkanes of at least 4 members (excludes halogenated alkanes) is 1. The second-order valence-corrected chi connectivity index (χ2v) is 15.9. The fourth-order valence-electron chi connectivity index (χ4n) is 6.46. The summed E-state index contributed by atoms with van der Waals surface area (Å²) in [5, 5.41) is 16.9. The normalized spacial score (nSPS) is 12.3. The van der Waals surface area contributed by atoms with Gasteiger partial charge in [0.15, 0.2) is 0 Å². The number of aromatic nitrogens is 6. The third-order valence-corrected chi connectivity index (χ3v) is 10.4. The van der Waals surface area contributed by atoms with Gasteiger partial charge in [-0.2, -0.15) is 58.7 Å². The van der Waals surface area contributed by atoms with Gasteiger partial charge in [-0.25, -0.2) is 8.42 Å². The number of rotatable bonds is 18. The minimum atomic E-state index is -4.88. The van der Waals surface area contributed by atoms with Gasteiger partial charge in [0.05, 0.1) is 52.2 Å². The second kappa shape index (κ2) is 26.2. The Morgan fingerprint density at radius 2 is 1.38 bits per heavy atom. The van der Waals surface area contributed by atoms with Crippen LogP contribution in [0.3, 0.4) is 0 Å². The molecule has 0 bridgehead atoms. The van der Waals surface area contributed by atoms with Crippen molar-refractivity contribution >= 4 is 61.5 Å². The van der Waals surface area contributed by atoms with Gasteiger partial charge in [-0.15, -0.1) is 12.1 Å². The van der Waals surface area contributed by atoms with E-state index in [9.17, 15) is 36.9 Å². The third-order valence-electron chi connectivity index (χ3n) is 9.67. The first kappa shape index (κ1) is 51.7. The first-order valence-electron chi connectivity index (χ1n) is 20.9. The van der Waals surface area contributed by atoms with Gasteiger partial charge < -0.3 is 25.2 Å². The Hall–Kier alpha value is -7.29. The van der Waals surface area contributed by atoms with Crippen LogP contribution in [-0.4, -0.2) is 122 Å². The van der Waals surface area contributed by atoms with E-state index in [-0.39, 0.29) is 70.8 Å². The molecule has 3 aromatic carbocycles. The maximum atomic E-state index is 13.2. The Balaban J connectivity index is 0.000000301. The van der Waals surface area contributed by atoms with Crippen molar-refractivity contribution in [3.05, 3.63) is 158 Å². The molecular formula is C47H45IrN10O9S-3. The number of hydrogen-bond acceptors (Lipinski definition) is 13. The Kier molecular flexibility index (Phi) is 19.9. The molecule has 7 aromatic rings. The monoisotopic (exact) mass is 1120 g/mol. The number of hydrogen-bond donors (Lipinski definition) is 3. The van der Waals surface area contributed by atoms with E-state index < -0.39 is 45.5 Å². The van der Waals surface area contributed by atoms with Crippen LogP contribution in [0.5, 0.6) is 0 Å². The quantitative estimate of drug-likeness (QED) is 0.0368. The van der Waals surface area contributed by atoms with Crippen molar-refractivity contribution in [3.8, 4) is 11.4 Å². The Labute approximate surface area is 405 Å². The summed E-state index contributed by atoms with van der Waals surface area (Å²) in [7, 11) is -4.88. The number of nitrogens with one attached hydrogen (secondary N) is 3. The zero-order chi connectivity index (χ0) is 47.4. The average Bonchev–Trinajstić information content (AvgIpc) is 4.15. The molecule has 5 amide bonds. The van der Waals surface area contributed by atoms with E-state index in [1.165, 1.54) is 24.4 Å². The average molecular weight is 1120 g/mol. The Morgan fingerprint density at radius 3 is 1.99 bits per heavy atom. The van der Waals surface area contributed by atoms with E-state index in [4.69, 9.17) is 4.74 Å². The molecule has 1 aliphatic heterocycles. The predicted octanol–water partition coefficient (Wildman–Crippen LogP) is 3.11. The van der Waals surface area contributed by atoms with Gasteiger partial charge in [-0.05, 0) is 48.5 Å². The van der Waals surface area contributed by atoms with Crippen molar-refractivity contribution in [1.82, 2.24) is 50.4 Å². The summed E-state index contributed by atoms with van der Waals surface area (Å²) in [6.45, 7) is 0.729. The van der Waals surface area contributed by atoms with Gasteiger partial charge in [-0.1, -0.05) is 18.2 Å². The molecule has 8 rings (SSSR count). The summed E-state index contributed by atoms with van der Waals surface area (Å²) in [6.07, 6.45) is 13.5. The number of nitrogens with zero attached hydrogens (tertiary/aromatic N) is 7. The third kappa shape index (κ3) is 15.7. The first-order chi connectivity index (χ1) is 32.5. The summed E-state index contributed by atoms with van der Waals surface area (Å²) in [5.41, 5.74) is 3.07. The Morgan fingerprint density at radius 1 is 0.721 bits per heavy atom. The number of carbonyl (C=O) groups is 5. The number of carbonyl (C=O) groups excluding carboxylic acids is 5. The molecule has 1 unspecified atom stereocenters. The molecule has 1 atom stereocenters. The van der Waals surface area contributed by atoms with Crippen LogP contribution in [0.2, 0.25) is 0 Å². The zero-order valence-corrected chi connectivity index (χ0v) is 39.5. The molecule has 0 fully saturated rings. The van der Waals surface area contributed by atoms with E-state index >= 15 is 0 Å². The standard InChI is InChI=1S/C29H32N6O9S.2C9H7N2.Ir/c36-23(30-14-16-44-17-15-35-24(37)8-9-25(35)38)5-1-2-11-33-29(40)22(18-45(41,42)43)34-28(39)21-10-13-32-27-20(21)7-6-19-4-3-12-31-26(19)27;2*1-2-5-9(6-3-1)11-8-4-7-10-11;/h3-4,6-10,12-13,22H,1-2,5,11,14-18H2,(H,30,36)(H,33,40)(H,34,39)(H,41,42,43);2*1-5,7-8H;/q;2*-1;/p-1. The van der Waals surface area contributed by atoms with Crippen LogP contribution in [0, 0.1) is 12.1 Å². The van der Waals surface area contributed by atoms with Crippen molar-refractivity contribution in [2.45, 2.75) is 25.3 Å². The Bertz CT molecular complexity index is 2800. The van der Waals surface area contributed by atoms with Crippen LogP contribution in [-0.2, 0) is 54.1 Å². The fraction of sp³-hybridized carbons (Fsp3) is 0.213. The molecule has 0 saturated carbocycles. The van der Waals surface area contributed by atoms with E-state index in [0.717, 1.165) is 21.7 Å². The summed E-state index contributed by atoms with van der Waals surface area (Å²) in [4.78, 5) is 70.6. The molecule has 19 nitrogen and oxygen atoms in total. The summed E-state index contributed by atoms with van der Waals surface area (Å²) in [5.74, 6) is -3.82. The van der Waals surface area contributed by atoms with E-state index in [1.54, 1.807) is 46.2 Å². The molecule has 3 N–H and O–H groups in total. The van der Waals surface area contributed by atoms with Gasteiger partial charge >= 0.3 is 0 Å². The molecule has 0 spiro atoms. The summed E-state index contributed by atoms with van der Waals surface area (Å²) < 4.78 is 43.4. The van der Waals surface area contributed by atoms with E-state index in [1.807, 2.05) is 79.1 Å². The van der Waals surface area contributed by atoms with Crippen molar-refractivity contribution in [2.24, 2.45) is 0 Å². The van der Waals surface area contributed by atoms with Crippen molar-refractivity contribution < 1.29 is 61.8 Å². The molecular weight excluding hydrogens is 1070 g/mol. The van der Waals surface area contributed by atoms with Gasteiger partial charge in [0.25, 0.3) is 17.7 Å². The van der Waals surface area contributed by atoms with E-state index in [0.29, 0.717) is 29.3 Å². The number of fused-ring (bicyclic) bond motifs is 3. The number of pyridine rings is 2. The van der Waals surface area contributed by atoms with Crippen LogP contribution in [0.1, 0.15) is 29.6 Å². The van der Waals surface area contributed by atoms with E-state index in [2.05, 4.69) is 48.2 Å². The largest absolute Gasteiger partial charge is 0.748 e. The molecule has 355 valence electrons. The molecule has 0 saturated heterocycles. The van der Waals surface area contributed by atoms with Crippen LogP contribution in [0.25, 0.3) is 33.2 Å². The summed E-state index contributed by atoms with van der Waals surface area (Å²) in [6, 6.07) is 32.2. The van der Waals surface area contributed by atoms with Crippen LogP contribution in [0.4, 0.5) is 0 Å². The van der Waals surface area contributed by atoms with Crippen LogP contribution >= 0.6 is 0 Å². The number of benzene rings is 3. The van der Waals surface area contributed by atoms with Crippen molar-refractivity contribution in [2.75, 3.05) is 38.6 Å². The van der Waals surface area contributed by atoms with Gasteiger partial charge in [-0.3, -0.25) is 48.2 Å². The fourth-order valence-corrected chi connectivity index (χ4v) is 7.10. The minimum Gasteiger partial charge on any atom is -0.748 e. The van der Waals surface area contributed by atoms with Crippen molar-refractivity contribution in [1.29, 1.82) is 0 Å². The number of ether oxygens (including phenoxy) is 1. The maximum absolute atomic E-state index is 13.2.